The molecule has 2 aromatic rings. The van der Waals surface area contributed by atoms with Crippen LogP contribution in [0, 0.1) is 0 Å². The Bertz CT molecular complexity index is 860. The van der Waals surface area contributed by atoms with E-state index in [2.05, 4.69) is 76.3 Å². The Morgan fingerprint density at radius 1 is 0.875 bits per heavy atom. The van der Waals surface area contributed by atoms with Crippen molar-refractivity contribution in [3.8, 4) is 11.1 Å². The van der Waals surface area contributed by atoms with Gasteiger partial charge in [-0.05, 0) is 69.2 Å². The van der Waals surface area contributed by atoms with Gasteiger partial charge in [0.25, 0.3) is 0 Å². The van der Waals surface area contributed by atoms with Crippen LogP contribution in [0.3, 0.4) is 0 Å². The molecule has 0 fully saturated rings. The SMILES string of the molecule is CC(C)c1cc(C(C)C)c2c(c1C1=CC=CC1)Cc1ccccc1-2. The number of benzene rings is 2. The summed E-state index contributed by atoms with van der Waals surface area (Å²) >= 11 is 0. The smallest absolute Gasteiger partial charge is 0.000719 e. The zero-order valence-electron chi connectivity index (χ0n) is 15.2. The number of allylic oxidation sites excluding steroid dienone is 4. The van der Waals surface area contributed by atoms with Crippen LogP contribution in [-0.4, -0.2) is 0 Å². The second kappa shape index (κ2) is 5.77. The first-order chi connectivity index (χ1) is 11.6. The van der Waals surface area contributed by atoms with Crippen LogP contribution in [0.2, 0.25) is 0 Å². The van der Waals surface area contributed by atoms with Crippen molar-refractivity contribution in [2.75, 3.05) is 0 Å². The van der Waals surface area contributed by atoms with E-state index in [1.807, 2.05) is 0 Å². The number of fused-ring (bicyclic) bond motifs is 3. The molecule has 0 N–H and O–H groups in total. The molecule has 0 saturated carbocycles. The van der Waals surface area contributed by atoms with Crippen molar-refractivity contribution in [1.29, 1.82) is 0 Å². The Labute approximate surface area is 145 Å². The lowest BCUT2D eigenvalue weighted by Crippen LogP contribution is -2.05. The van der Waals surface area contributed by atoms with Crippen LogP contribution in [0.15, 0.2) is 48.6 Å². The van der Waals surface area contributed by atoms with E-state index < -0.39 is 0 Å². The summed E-state index contributed by atoms with van der Waals surface area (Å²) in [6, 6.07) is 11.5. The van der Waals surface area contributed by atoms with E-state index in [0.717, 1.165) is 12.8 Å². The van der Waals surface area contributed by atoms with Gasteiger partial charge in [0, 0.05) is 0 Å². The lowest BCUT2D eigenvalue weighted by Gasteiger charge is -2.23. The first-order valence-corrected chi connectivity index (χ1v) is 9.22. The van der Waals surface area contributed by atoms with E-state index in [9.17, 15) is 0 Å². The first-order valence-electron chi connectivity index (χ1n) is 9.22. The van der Waals surface area contributed by atoms with E-state index in [1.165, 1.54) is 39.0 Å². The highest BCUT2D eigenvalue weighted by molar-refractivity contribution is 5.88. The molecule has 0 amide bonds. The van der Waals surface area contributed by atoms with Gasteiger partial charge in [-0.2, -0.15) is 0 Å². The molecule has 0 bridgehead atoms. The van der Waals surface area contributed by atoms with Gasteiger partial charge in [-0.3, -0.25) is 0 Å². The van der Waals surface area contributed by atoms with E-state index in [4.69, 9.17) is 0 Å². The number of hydrogen-bond donors (Lipinski definition) is 0. The predicted molar refractivity (Wildman–Crippen MR) is 105 cm³/mol. The number of hydrogen-bond acceptors (Lipinski definition) is 0. The molecule has 4 rings (SSSR count). The molecule has 2 aromatic carbocycles. The molecule has 0 nitrogen and oxygen atoms in total. The lowest BCUT2D eigenvalue weighted by atomic mass is 9.81. The van der Waals surface area contributed by atoms with Gasteiger partial charge in [0.2, 0.25) is 0 Å². The second-order valence-corrected chi connectivity index (χ2v) is 7.75. The van der Waals surface area contributed by atoms with E-state index in [-0.39, 0.29) is 0 Å². The zero-order chi connectivity index (χ0) is 16.8. The van der Waals surface area contributed by atoms with E-state index in [0.29, 0.717) is 11.8 Å². The molecule has 0 aromatic heterocycles. The summed E-state index contributed by atoms with van der Waals surface area (Å²) in [5, 5.41) is 0. The van der Waals surface area contributed by atoms with Crippen LogP contribution in [0.5, 0.6) is 0 Å². The summed E-state index contributed by atoms with van der Waals surface area (Å²) in [6.45, 7) is 9.33. The maximum Gasteiger partial charge on any atom is -0.000719 e. The Kier molecular flexibility index (Phi) is 3.72. The van der Waals surface area contributed by atoms with Crippen molar-refractivity contribution in [3.05, 3.63) is 76.4 Å². The summed E-state index contributed by atoms with van der Waals surface area (Å²) < 4.78 is 0. The third-order valence-corrected chi connectivity index (χ3v) is 5.48. The van der Waals surface area contributed by atoms with Crippen LogP contribution >= 0.6 is 0 Å². The van der Waals surface area contributed by atoms with Gasteiger partial charge in [-0.25, -0.2) is 0 Å². The van der Waals surface area contributed by atoms with Crippen LogP contribution in [0.4, 0.5) is 0 Å². The predicted octanol–water partition coefficient (Wildman–Crippen LogP) is 6.85. The molecule has 0 unspecified atom stereocenters. The molecule has 2 aliphatic rings. The van der Waals surface area contributed by atoms with Gasteiger partial charge >= 0.3 is 0 Å². The third-order valence-electron chi connectivity index (χ3n) is 5.48. The van der Waals surface area contributed by atoms with Crippen molar-refractivity contribution < 1.29 is 0 Å². The summed E-state index contributed by atoms with van der Waals surface area (Å²) in [7, 11) is 0. The molecule has 2 aliphatic carbocycles. The summed E-state index contributed by atoms with van der Waals surface area (Å²) in [4.78, 5) is 0. The molecule has 0 atom stereocenters. The Morgan fingerprint density at radius 3 is 2.25 bits per heavy atom. The maximum atomic E-state index is 2.50. The molecular weight excluding hydrogens is 288 g/mol. The molecule has 122 valence electrons. The van der Waals surface area contributed by atoms with E-state index in [1.54, 1.807) is 5.56 Å². The van der Waals surface area contributed by atoms with E-state index >= 15 is 0 Å². The Morgan fingerprint density at radius 2 is 1.58 bits per heavy atom. The maximum absolute atomic E-state index is 2.50. The van der Waals surface area contributed by atoms with Gasteiger partial charge in [0.1, 0.15) is 0 Å². The minimum atomic E-state index is 0.548. The van der Waals surface area contributed by atoms with Gasteiger partial charge in [0.15, 0.2) is 0 Å². The minimum Gasteiger partial charge on any atom is -0.0801 e. The average molecular weight is 314 g/mol. The van der Waals surface area contributed by atoms with Gasteiger partial charge in [0.05, 0.1) is 0 Å². The molecule has 0 saturated heterocycles. The van der Waals surface area contributed by atoms with Crippen LogP contribution in [0.1, 0.15) is 73.8 Å². The highest BCUT2D eigenvalue weighted by Crippen LogP contribution is 2.48. The minimum absolute atomic E-state index is 0.548. The highest BCUT2D eigenvalue weighted by Gasteiger charge is 2.29. The fourth-order valence-electron chi connectivity index (χ4n) is 4.31. The van der Waals surface area contributed by atoms with Crippen molar-refractivity contribution in [3.63, 3.8) is 0 Å². The van der Waals surface area contributed by atoms with Crippen molar-refractivity contribution in [1.82, 2.24) is 0 Å². The quantitative estimate of drug-likeness (QED) is 0.496. The normalized spacial score (nSPS) is 15.2. The first kappa shape index (κ1) is 15.4. The molecular formula is C24H26. The summed E-state index contributed by atoms with van der Waals surface area (Å²) in [5.74, 6) is 1.10. The number of rotatable bonds is 3. The third kappa shape index (κ3) is 2.28. The molecule has 0 heterocycles. The molecule has 0 radical (unpaired) electrons. The fourth-order valence-corrected chi connectivity index (χ4v) is 4.31. The topological polar surface area (TPSA) is 0 Å². The van der Waals surface area contributed by atoms with Crippen LogP contribution < -0.4 is 0 Å². The van der Waals surface area contributed by atoms with Crippen molar-refractivity contribution in [2.45, 2.75) is 52.4 Å². The standard InChI is InChI=1S/C24H26/c1-15(2)20-14-21(16(3)4)24-19-12-8-7-11-18(19)13-22(24)23(20)17-9-5-6-10-17/h5-9,11-12,14-16H,10,13H2,1-4H3. The van der Waals surface area contributed by atoms with Crippen molar-refractivity contribution >= 4 is 5.57 Å². The molecule has 0 aliphatic heterocycles. The van der Waals surface area contributed by atoms with Crippen molar-refractivity contribution in [2.24, 2.45) is 0 Å². The molecule has 24 heavy (non-hydrogen) atoms. The monoisotopic (exact) mass is 314 g/mol. The highest BCUT2D eigenvalue weighted by atomic mass is 14.3. The second-order valence-electron chi connectivity index (χ2n) is 7.75. The fraction of sp³-hybridized carbons (Fsp3) is 0.333. The molecule has 0 spiro atoms. The summed E-state index contributed by atoms with van der Waals surface area (Å²) in [5.41, 5.74) is 12.1. The Hall–Kier alpha value is -2.08. The van der Waals surface area contributed by atoms with Gasteiger partial charge in [-0.1, -0.05) is 76.3 Å². The van der Waals surface area contributed by atoms with Crippen LogP contribution in [-0.2, 0) is 6.42 Å². The lowest BCUT2D eigenvalue weighted by molar-refractivity contribution is 0.829. The van der Waals surface area contributed by atoms with Gasteiger partial charge in [-0.15, -0.1) is 0 Å². The molecule has 0 heteroatoms. The average Bonchev–Trinajstić information content (AvgIpc) is 3.20. The summed E-state index contributed by atoms with van der Waals surface area (Å²) in [6.07, 6.45) is 8.97. The van der Waals surface area contributed by atoms with Gasteiger partial charge < -0.3 is 0 Å². The zero-order valence-corrected chi connectivity index (χ0v) is 15.2. The largest absolute Gasteiger partial charge is 0.0801 e. The van der Waals surface area contributed by atoms with Crippen LogP contribution in [0.25, 0.3) is 16.7 Å². The Balaban J connectivity index is 2.05.